The topological polar surface area (TPSA) is 85.0 Å². The van der Waals surface area contributed by atoms with Gasteiger partial charge < -0.3 is 15.2 Å². The van der Waals surface area contributed by atoms with E-state index in [0.29, 0.717) is 6.54 Å². The smallest absolute Gasteiger partial charge is 0.191 e. The molecular weight excluding hydrogens is 479 g/mol. The molecule has 2 N–H and O–H groups in total. The molecule has 156 valence electrons. The molecule has 0 atom stereocenters. The van der Waals surface area contributed by atoms with Crippen molar-refractivity contribution >= 4 is 29.9 Å². The van der Waals surface area contributed by atoms with E-state index in [1.54, 1.807) is 6.33 Å². The second-order valence-electron chi connectivity index (χ2n) is 6.45. The Hall–Kier alpha value is -2.43. The van der Waals surface area contributed by atoms with Gasteiger partial charge in [0.25, 0.3) is 0 Å². The van der Waals surface area contributed by atoms with Crippen molar-refractivity contribution in [3.63, 3.8) is 0 Å². The maximum absolute atomic E-state index is 4.67. The minimum Gasteiger partial charge on any atom is -0.357 e. The summed E-state index contributed by atoms with van der Waals surface area (Å²) in [6, 6.07) is 10.3. The third-order valence-corrected chi connectivity index (χ3v) is 4.30. The van der Waals surface area contributed by atoms with E-state index in [4.69, 9.17) is 0 Å². The first-order valence-electron chi connectivity index (χ1n) is 9.72. The first-order valence-corrected chi connectivity index (χ1v) is 9.72. The number of nitrogens with zero attached hydrogens (tertiary/aromatic N) is 6. The summed E-state index contributed by atoms with van der Waals surface area (Å²) in [5.74, 6) is 1.79. The van der Waals surface area contributed by atoms with Crippen LogP contribution >= 0.6 is 24.0 Å². The molecule has 0 aliphatic rings. The number of hydrogen-bond donors (Lipinski definition) is 2. The lowest BCUT2D eigenvalue weighted by atomic mass is 10.2. The summed E-state index contributed by atoms with van der Waals surface area (Å²) in [7, 11) is 0. The molecular formula is C20H29IN8. The van der Waals surface area contributed by atoms with Crippen LogP contribution < -0.4 is 10.6 Å². The number of guanidine groups is 1. The van der Waals surface area contributed by atoms with Gasteiger partial charge in [0.15, 0.2) is 5.96 Å². The Morgan fingerprint density at radius 3 is 2.69 bits per heavy atom. The van der Waals surface area contributed by atoms with Gasteiger partial charge in [0.2, 0.25) is 0 Å². The summed E-state index contributed by atoms with van der Waals surface area (Å²) < 4.78 is 4.00. The van der Waals surface area contributed by atoms with Crippen molar-refractivity contribution in [2.75, 3.05) is 13.1 Å². The van der Waals surface area contributed by atoms with Crippen LogP contribution in [0.4, 0.5) is 0 Å². The van der Waals surface area contributed by atoms with E-state index in [1.165, 1.54) is 5.56 Å². The van der Waals surface area contributed by atoms with Gasteiger partial charge in [0.1, 0.15) is 12.2 Å². The number of halogens is 1. The summed E-state index contributed by atoms with van der Waals surface area (Å²) in [5, 5.41) is 19.2. The number of benzene rings is 1. The Labute approximate surface area is 188 Å². The lowest BCUT2D eigenvalue weighted by Gasteiger charge is -2.12. The van der Waals surface area contributed by atoms with Crippen LogP contribution in [0.2, 0.25) is 0 Å². The largest absolute Gasteiger partial charge is 0.357 e. The van der Waals surface area contributed by atoms with Gasteiger partial charge in [-0.05, 0) is 12.5 Å². The minimum absolute atomic E-state index is 0. The van der Waals surface area contributed by atoms with Crippen molar-refractivity contribution in [2.45, 2.75) is 39.9 Å². The zero-order valence-corrected chi connectivity index (χ0v) is 19.3. The molecule has 1 aromatic carbocycles. The predicted molar refractivity (Wildman–Crippen MR) is 125 cm³/mol. The first kappa shape index (κ1) is 22.9. The fraction of sp³-hybridized carbons (Fsp3) is 0.400. The summed E-state index contributed by atoms with van der Waals surface area (Å²) in [6.45, 7) is 7.85. The Morgan fingerprint density at radius 1 is 1.10 bits per heavy atom. The van der Waals surface area contributed by atoms with E-state index in [2.05, 4.69) is 61.5 Å². The van der Waals surface area contributed by atoms with Gasteiger partial charge in [-0.1, -0.05) is 37.3 Å². The average Bonchev–Trinajstić information content (AvgIpc) is 3.36. The molecule has 0 amide bonds. The van der Waals surface area contributed by atoms with E-state index in [-0.39, 0.29) is 24.0 Å². The van der Waals surface area contributed by atoms with Gasteiger partial charge in [0, 0.05) is 37.8 Å². The maximum Gasteiger partial charge on any atom is 0.191 e. The van der Waals surface area contributed by atoms with Crippen molar-refractivity contribution in [1.82, 2.24) is 35.2 Å². The van der Waals surface area contributed by atoms with Crippen LogP contribution in [0.25, 0.3) is 0 Å². The van der Waals surface area contributed by atoms with Gasteiger partial charge in [0.05, 0.1) is 19.3 Å². The highest BCUT2D eigenvalue weighted by Gasteiger charge is 2.03. The molecule has 2 aromatic heterocycles. The number of nitrogens with one attached hydrogen (secondary N) is 2. The molecule has 8 nitrogen and oxygen atoms in total. The SMILES string of the molecule is CCNC(=NCc1cnn(Cc2ccccc2)c1)NCCn1cnnc1CC.I. The fourth-order valence-corrected chi connectivity index (χ4v) is 2.89. The second-order valence-corrected chi connectivity index (χ2v) is 6.45. The molecule has 0 unspecified atom stereocenters. The van der Waals surface area contributed by atoms with E-state index in [0.717, 1.165) is 49.9 Å². The zero-order chi connectivity index (χ0) is 19.6. The summed E-state index contributed by atoms with van der Waals surface area (Å²) >= 11 is 0. The predicted octanol–water partition coefficient (Wildman–Crippen LogP) is 2.46. The van der Waals surface area contributed by atoms with E-state index in [9.17, 15) is 0 Å². The Balaban J connectivity index is 0.00000300. The van der Waals surface area contributed by atoms with Crippen molar-refractivity contribution in [1.29, 1.82) is 0 Å². The quantitative estimate of drug-likeness (QED) is 0.264. The van der Waals surface area contributed by atoms with Crippen LogP contribution in [0.3, 0.4) is 0 Å². The second kappa shape index (κ2) is 12.2. The molecule has 0 spiro atoms. The average molecular weight is 508 g/mol. The van der Waals surface area contributed by atoms with Crippen molar-refractivity contribution in [3.8, 4) is 0 Å². The van der Waals surface area contributed by atoms with Crippen molar-refractivity contribution in [2.24, 2.45) is 4.99 Å². The van der Waals surface area contributed by atoms with Crippen LogP contribution in [0.1, 0.15) is 30.8 Å². The highest BCUT2D eigenvalue weighted by atomic mass is 127. The molecule has 0 aliphatic carbocycles. The van der Waals surface area contributed by atoms with E-state index in [1.807, 2.05) is 35.3 Å². The van der Waals surface area contributed by atoms with Gasteiger partial charge >= 0.3 is 0 Å². The standard InChI is InChI=1S/C20H28N8.HI/c1-3-19-26-24-16-27(19)11-10-22-20(21-4-2)23-12-18-13-25-28(15-18)14-17-8-6-5-7-9-17;/h5-9,13,15-16H,3-4,10-12,14H2,1-2H3,(H2,21,22,23);1H. The Kier molecular flexibility index (Phi) is 9.62. The molecule has 0 fully saturated rings. The van der Waals surface area contributed by atoms with E-state index >= 15 is 0 Å². The summed E-state index contributed by atoms with van der Waals surface area (Å²) in [6.07, 6.45) is 6.57. The number of aryl methyl sites for hydroxylation is 1. The molecule has 29 heavy (non-hydrogen) atoms. The first-order chi connectivity index (χ1) is 13.8. The monoisotopic (exact) mass is 508 g/mol. The molecule has 3 rings (SSSR count). The van der Waals surface area contributed by atoms with Gasteiger partial charge in [-0.2, -0.15) is 5.10 Å². The third kappa shape index (κ3) is 7.15. The van der Waals surface area contributed by atoms with Crippen LogP contribution in [0, 0.1) is 0 Å². The lowest BCUT2D eigenvalue weighted by Crippen LogP contribution is -2.38. The number of rotatable bonds is 9. The highest BCUT2D eigenvalue weighted by Crippen LogP contribution is 2.05. The molecule has 0 aliphatic heterocycles. The van der Waals surface area contributed by atoms with E-state index < -0.39 is 0 Å². The minimum atomic E-state index is 0. The maximum atomic E-state index is 4.67. The highest BCUT2D eigenvalue weighted by molar-refractivity contribution is 14.0. The van der Waals surface area contributed by atoms with Gasteiger partial charge in [-0.15, -0.1) is 34.2 Å². The Morgan fingerprint density at radius 2 is 1.93 bits per heavy atom. The fourth-order valence-electron chi connectivity index (χ4n) is 2.89. The number of aliphatic imine (C=N–C) groups is 1. The van der Waals surface area contributed by atoms with Gasteiger partial charge in [-0.3, -0.25) is 4.68 Å². The summed E-state index contributed by atoms with van der Waals surface area (Å²) in [4.78, 5) is 4.67. The number of aromatic nitrogens is 5. The normalized spacial score (nSPS) is 11.2. The Bertz CT molecular complexity index is 872. The van der Waals surface area contributed by atoms with Crippen LogP contribution in [-0.2, 0) is 26.1 Å². The molecule has 0 bridgehead atoms. The molecule has 2 heterocycles. The summed E-state index contributed by atoms with van der Waals surface area (Å²) in [5.41, 5.74) is 2.32. The number of hydrogen-bond acceptors (Lipinski definition) is 4. The lowest BCUT2D eigenvalue weighted by molar-refractivity contribution is 0.632. The molecule has 9 heteroatoms. The molecule has 0 radical (unpaired) electrons. The van der Waals surface area contributed by atoms with Crippen molar-refractivity contribution in [3.05, 3.63) is 66.0 Å². The molecule has 0 saturated carbocycles. The molecule has 0 saturated heterocycles. The van der Waals surface area contributed by atoms with Crippen LogP contribution in [-0.4, -0.2) is 43.6 Å². The van der Waals surface area contributed by atoms with Crippen molar-refractivity contribution < 1.29 is 0 Å². The third-order valence-electron chi connectivity index (χ3n) is 4.30. The zero-order valence-electron chi connectivity index (χ0n) is 17.0. The van der Waals surface area contributed by atoms with Crippen LogP contribution in [0.15, 0.2) is 54.0 Å². The van der Waals surface area contributed by atoms with Crippen LogP contribution in [0.5, 0.6) is 0 Å². The van der Waals surface area contributed by atoms with Gasteiger partial charge in [-0.25, -0.2) is 4.99 Å². The molecule has 3 aromatic rings.